The maximum Gasteiger partial charge on any atom is 0.333 e. The van der Waals surface area contributed by atoms with Gasteiger partial charge in [0.2, 0.25) is 5.89 Å². The van der Waals surface area contributed by atoms with Gasteiger partial charge in [-0.25, -0.2) is 19.1 Å². The van der Waals surface area contributed by atoms with Crippen LogP contribution in [0.1, 0.15) is 44.9 Å². The average Bonchev–Trinajstić information content (AvgIpc) is 3.46. The predicted molar refractivity (Wildman–Crippen MR) is 139 cm³/mol. The van der Waals surface area contributed by atoms with E-state index in [0.717, 1.165) is 10.1 Å². The molecule has 11 heteroatoms. The third kappa shape index (κ3) is 5.02. The zero-order valence-electron chi connectivity index (χ0n) is 21.2. The van der Waals surface area contributed by atoms with Crippen molar-refractivity contribution in [3.8, 4) is 10.8 Å². The molecule has 1 aromatic carbocycles. The number of aryl methyl sites for hydroxylation is 1. The number of carbonyl (C=O) groups is 1. The van der Waals surface area contributed by atoms with Crippen molar-refractivity contribution in [1.29, 1.82) is 0 Å². The number of ether oxygens (including phenoxy) is 1. The second-order valence-corrected chi connectivity index (χ2v) is 11.0. The molecule has 10 nitrogen and oxygen atoms in total. The summed E-state index contributed by atoms with van der Waals surface area (Å²) in [6.07, 6.45) is 2.21. The first kappa shape index (κ1) is 26.5. The number of thiophene rings is 1. The summed E-state index contributed by atoms with van der Waals surface area (Å²) >= 11 is 1.17. The van der Waals surface area contributed by atoms with Gasteiger partial charge in [-0.15, -0.1) is 11.3 Å². The van der Waals surface area contributed by atoms with Gasteiger partial charge < -0.3 is 19.4 Å². The SMILES string of the molecule is Cc1c(-c2ncco2)sc2c1c(=O)n(C(C)(C)C(=O)O)c(=O)n2CC(OCC(C)(C)O)c1ccccc1. The predicted octanol–water partition coefficient (Wildman–Crippen LogP) is 3.54. The average molecular weight is 528 g/mol. The summed E-state index contributed by atoms with van der Waals surface area (Å²) in [6, 6.07) is 9.19. The van der Waals surface area contributed by atoms with Crippen molar-refractivity contribution < 1.29 is 24.2 Å². The number of nitrogens with zero attached hydrogens (tertiary/aromatic N) is 3. The van der Waals surface area contributed by atoms with Crippen molar-refractivity contribution in [2.75, 3.05) is 6.61 Å². The lowest BCUT2D eigenvalue weighted by Crippen LogP contribution is -2.52. The lowest BCUT2D eigenvalue weighted by Gasteiger charge is -2.26. The van der Waals surface area contributed by atoms with Crippen LogP contribution >= 0.6 is 11.3 Å². The fourth-order valence-electron chi connectivity index (χ4n) is 4.03. The fourth-order valence-corrected chi connectivity index (χ4v) is 5.27. The first-order valence-electron chi connectivity index (χ1n) is 11.6. The Hall–Kier alpha value is -3.54. The van der Waals surface area contributed by atoms with Gasteiger partial charge in [0.05, 0.1) is 35.2 Å². The molecule has 37 heavy (non-hydrogen) atoms. The number of hydrogen-bond acceptors (Lipinski definition) is 8. The molecule has 0 aliphatic carbocycles. The second kappa shape index (κ2) is 9.73. The van der Waals surface area contributed by atoms with Gasteiger partial charge in [-0.1, -0.05) is 30.3 Å². The largest absolute Gasteiger partial charge is 0.480 e. The number of benzene rings is 1. The highest BCUT2D eigenvalue weighted by molar-refractivity contribution is 7.22. The molecule has 4 aromatic rings. The van der Waals surface area contributed by atoms with Gasteiger partial charge >= 0.3 is 11.7 Å². The van der Waals surface area contributed by atoms with Crippen LogP contribution in [0.25, 0.3) is 21.0 Å². The van der Waals surface area contributed by atoms with E-state index in [1.807, 2.05) is 30.3 Å². The summed E-state index contributed by atoms with van der Waals surface area (Å²) in [5, 5.41) is 20.4. The van der Waals surface area contributed by atoms with Crippen LogP contribution in [-0.4, -0.2) is 42.5 Å². The third-order valence-electron chi connectivity index (χ3n) is 6.08. The van der Waals surface area contributed by atoms with Crippen LogP contribution in [-0.2, 0) is 21.6 Å². The number of aromatic nitrogens is 3. The molecule has 196 valence electrons. The molecular weight excluding hydrogens is 498 g/mol. The van der Waals surface area contributed by atoms with Crippen LogP contribution < -0.4 is 11.2 Å². The Bertz CT molecular complexity index is 1540. The maximum atomic E-state index is 13.9. The first-order chi connectivity index (χ1) is 17.3. The Morgan fingerprint density at radius 3 is 2.43 bits per heavy atom. The quantitative estimate of drug-likeness (QED) is 0.337. The minimum absolute atomic E-state index is 0.0181. The number of rotatable bonds is 9. The van der Waals surface area contributed by atoms with E-state index < -0.39 is 34.5 Å². The molecule has 0 bridgehead atoms. The molecule has 1 atom stereocenters. The second-order valence-electron chi connectivity index (χ2n) is 9.99. The Balaban J connectivity index is 2.00. The van der Waals surface area contributed by atoms with E-state index in [2.05, 4.69) is 4.98 Å². The van der Waals surface area contributed by atoms with Crippen LogP contribution in [0.4, 0.5) is 0 Å². The van der Waals surface area contributed by atoms with Crippen LogP contribution in [0, 0.1) is 6.92 Å². The van der Waals surface area contributed by atoms with Crippen molar-refractivity contribution >= 4 is 27.5 Å². The zero-order valence-corrected chi connectivity index (χ0v) is 22.0. The van der Waals surface area contributed by atoms with Gasteiger partial charge in [-0.2, -0.15) is 0 Å². The monoisotopic (exact) mass is 527 g/mol. The molecule has 0 fully saturated rings. The molecule has 0 radical (unpaired) electrons. The van der Waals surface area contributed by atoms with Crippen molar-refractivity contribution in [1.82, 2.24) is 14.1 Å². The molecule has 4 rings (SSSR count). The summed E-state index contributed by atoms with van der Waals surface area (Å²) < 4.78 is 13.7. The lowest BCUT2D eigenvalue weighted by atomic mass is 10.1. The third-order valence-corrected chi connectivity index (χ3v) is 7.38. The molecule has 3 heterocycles. The highest BCUT2D eigenvalue weighted by Crippen LogP contribution is 2.36. The van der Waals surface area contributed by atoms with Gasteiger partial charge in [0.25, 0.3) is 5.56 Å². The Kier molecular flexibility index (Phi) is 6.97. The molecule has 3 aromatic heterocycles. The van der Waals surface area contributed by atoms with E-state index in [0.29, 0.717) is 21.2 Å². The number of fused-ring (bicyclic) bond motifs is 1. The summed E-state index contributed by atoms with van der Waals surface area (Å²) in [4.78, 5) is 44.7. The Labute approximate surface area is 216 Å². The standard InChI is InChI=1S/C26H29N3O7S/c1-15-18-21(30)29(26(4,5)23(31)32)24(33)28(22(18)37-19(15)20-27-11-12-35-20)13-17(36-14-25(2,3)34)16-9-7-6-8-10-16/h6-12,17,34H,13-14H2,1-5H3,(H,31,32). The van der Waals surface area contributed by atoms with Gasteiger partial charge in [-0.3, -0.25) is 9.36 Å². The normalized spacial score (nSPS) is 13.2. The van der Waals surface area contributed by atoms with Crippen LogP contribution in [0.15, 0.2) is 56.8 Å². The minimum atomic E-state index is -1.82. The number of carboxylic acid groups (broad SMARTS) is 1. The molecule has 1 unspecified atom stereocenters. The first-order valence-corrected chi connectivity index (χ1v) is 12.5. The Morgan fingerprint density at radius 2 is 1.86 bits per heavy atom. The molecule has 0 aliphatic rings. The van der Waals surface area contributed by atoms with Gasteiger partial charge in [0, 0.05) is 0 Å². The maximum absolute atomic E-state index is 13.9. The molecule has 0 aliphatic heterocycles. The minimum Gasteiger partial charge on any atom is -0.480 e. The smallest absolute Gasteiger partial charge is 0.333 e. The van der Waals surface area contributed by atoms with Crippen molar-refractivity contribution in [2.24, 2.45) is 0 Å². The van der Waals surface area contributed by atoms with Crippen LogP contribution in [0.2, 0.25) is 0 Å². The summed E-state index contributed by atoms with van der Waals surface area (Å²) in [6.45, 7) is 7.51. The van der Waals surface area contributed by atoms with Gasteiger partial charge in [0.1, 0.15) is 22.7 Å². The number of aliphatic carboxylic acids is 1. The summed E-state index contributed by atoms with van der Waals surface area (Å²) in [7, 11) is 0. The molecular formula is C26H29N3O7S. The van der Waals surface area contributed by atoms with E-state index in [-0.39, 0.29) is 18.5 Å². The molecule has 0 saturated carbocycles. The van der Waals surface area contributed by atoms with E-state index in [1.54, 1.807) is 20.8 Å². The number of hydrogen-bond donors (Lipinski definition) is 2. The van der Waals surface area contributed by atoms with Gasteiger partial charge in [-0.05, 0) is 45.7 Å². The number of aliphatic hydroxyl groups is 1. The fraction of sp³-hybridized carbons (Fsp3) is 0.385. The van der Waals surface area contributed by atoms with E-state index in [9.17, 15) is 24.6 Å². The number of carboxylic acids is 1. The zero-order chi connectivity index (χ0) is 27.1. The van der Waals surface area contributed by atoms with E-state index in [1.165, 1.54) is 42.2 Å². The van der Waals surface area contributed by atoms with Crippen molar-refractivity contribution in [3.05, 3.63) is 74.8 Å². The van der Waals surface area contributed by atoms with Crippen molar-refractivity contribution in [2.45, 2.75) is 58.4 Å². The Morgan fingerprint density at radius 1 is 1.19 bits per heavy atom. The van der Waals surface area contributed by atoms with E-state index in [4.69, 9.17) is 9.15 Å². The number of oxazole rings is 1. The molecule has 0 spiro atoms. The summed E-state index contributed by atoms with van der Waals surface area (Å²) in [5.74, 6) is -1.03. The van der Waals surface area contributed by atoms with Crippen LogP contribution in [0.3, 0.4) is 0 Å². The molecule has 0 amide bonds. The highest BCUT2D eigenvalue weighted by Gasteiger charge is 2.36. The van der Waals surface area contributed by atoms with Crippen LogP contribution in [0.5, 0.6) is 0 Å². The summed E-state index contributed by atoms with van der Waals surface area (Å²) in [5.41, 5.74) is -3.15. The van der Waals surface area contributed by atoms with Gasteiger partial charge in [0.15, 0.2) is 0 Å². The van der Waals surface area contributed by atoms with Crippen molar-refractivity contribution in [3.63, 3.8) is 0 Å². The topological polar surface area (TPSA) is 137 Å². The van der Waals surface area contributed by atoms with E-state index >= 15 is 0 Å². The lowest BCUT2D eigenvalue weighted by molar-refractivity contribution is -0.146. The highest BCUT2D eigenvalue weighted by atomic mass is 32.1. The molecule has 2 N–H and O–H groups in total. The molecule has 0 saturated heterocycles.